The second-order valence-corrected chi connectivity index (χ2v) is 4.93. The minimum Gasteiger partial charge on any atom is -0.465 e. The second-order valence-electron chi connectivity index (χ2n) is 4.93. The van der Waals surface area contributed by atoms with Crippen LogP contribution >= 0.6 is 0 Å². The Morgan fingerprint density at radius 1 is 1.37 bits per heavy atom. The first-order valence-electron chi connectivity index (χ1n) is 6.39. The van der Waals surface area contributed by atoms with Crippen molar-refractivity contribution >= 4 is 17.3 Å². The Hall–Kier alpha value is -1.75. The van der Waals surface area contributed by atoms with E-state index in [1.165, 1.54) is 7.11 Å². The van der Waals surface area contributed by atoms with E-state index in [0.29, 0.717) is 11.3 Å². The first-order chi connectivity index (χ1) is 9.01. The zero-order chi connectivity index (χ0) is 14.0. The molecule has 0 bridgehead atoms. The maximum Gasteiger partial charge on any atom is 0.340 e. The van der Waals surface area contributed by atoms with Crippen LogP contribution in [0.2, 0.25) is 0 Å². The number of ether oxygens (including phenoxy) is 2. The van der Waals surface area contributed by atoms with Gasteiger partial charge in [-0.25, -0.2) is 4.79 Å². The molecule has 1 heterocycles. The van der Waals surface area contributed by atoms with E-state index in [0.717, 1.165) is 18.8 Å². The van der Waals surface area contributed by atoms with Gasteiger partial charge in [-0.3, -0.25) is 0 Å². The Balaban J connectivity index is 2.35. The molecule has 0 radical (unpaired) electrons. The summed E-state index contributed by atoms with van der Waals surface area (Å²) in [7, 11) is 1.37. The molecule has 0 aliphatic carbocycles. The SMILES string of the molecule is COC(=O)c1cc(N)ccc1N1C[C@H](C)O[C@@H](C)C1. The van der Waals surface area contributed by atoms with Crippen molar-refractivity contribution in [3.63, 3.8) is 0 Å². The molecule has 0 unspecified atom stereocenters. The van der Waals surface area contributed by atoms with Crippen LogP contribution < -0.4 is 10.6 Å². The van der Waals surface area contributed by atoms with Gasteiger partial charge in [-0.15, -0.1) is 0 Å². The fraction of sp³-hybridized carbons (Fsp3) is 0.500. The van der Waals surface area contributed by atoms with E-state index in [2.05, 4.69) is 4.90 Å². The molecule has 1 aromatic carbocycles. The average molecular weight is 264 g/mol. The smallest absolute Gasteiger partial charge is 0.340 e. The van der Waals surface area contributed by atoms with E-state index in [9.17, 15) is 4.79 Å². The van der Waals surface area contributed by atoms with Crippen LogP contribution in [0.3, 0.4) is 0 Å². The van der Waals surface area contributed by atoms with Gasteiger partial charge in [-0.2, -0.15) is 0 Å². The number of hydrogen-bond donors (Lipinski definition) is 1. The van der Waals surface area contributed by atoms with Gasteiger partial charge in [0.15, 0.2) is 0 Å². The third-order valence-corrected chi connectivity index (χ3v) is 3.19. The Bertz CT molecular complexity index is 466. The summed E-state index contributed by atoms with van der Waals surface area (Å²) in [6.07, 6.45) is 0.263. The van der Waals surface area contributed by atoms with Crippen LogP contribution in [0.25, 0.3) is 0 Å². The Morgan fingerprint density at radius 2 is 2.00 bits per heavy atom. The minimum absolute atomic E-state index is 0.131. The van der Waals surface area contributed by atoms with Gasteiger partial charge in [-0.1, -0.05) is 0 Å². The highest BCUT2D eigenvalue weighted by molar-refractivity contribution is 5.97. The molecule has 5 heteroatoms. The van der Waals surface area contributed by atoms with E-state index in [4.69, 9.17) is 15.2 Å². The van der Waals surface area contributed by atoms with Gasteiger partial charge in [0.1, 0.15) is 0 Å². The molecule has 1 aromatic rings. The van der Waals surface area contributed by atoms with Crippen LogP contribution in [-0.2, 0) is 9.47 Å². The normalized spacial score (nSPS) is 23.2. The molecule has 1 aliphatic rings. The van der Waals surface area contributed by atoms with E-state index < -0.39 is 0 Å². The predicted molar refractivity (Wildman–Crippen MR) is 74.4 cm³/mol. The van der Waals surface area contributed by atoms with Gasteiger partial charge in [0.25, 0.3) is 0 Å². The summed E-state index contributed by atoms with van der Waals surface area (Å²) in [5, 5.41) is 0. The van der Waals surface area contributed by atoms with Crippen molar-refractivity contribution in [2.75, 3.05) is 30.8 Å². The fourth-order valence-electron chi connectivity index (χ4n) is 2.48. The number of morpholine rings is 1. The van der Waals surface area contributed by atoms with E-state index >= 15 is 0 Å². The lowest BCUT2D eigenvalue weighted by Crippen LogP contribution is -2.46. The molecule has 2 rings (SSSR count). The predicted octanol–water partition coefficient (Wildman–Crippen LogP) is 1.67. The number of rotatable bonds is 2. The van der Waals surface area contributed by atoms with Crippen molar-refractivity contribution < 1.29 is 14.3 Å². The number of nitrogens with two attached hydrogens (primary N) is 1. The number of benzene rings is 1. The molecule has 1 aliphatic heterocycles. The zero-order valence-electron chi connectivity index (χ0n) is 11.6. The number of carbonyl (C=O) groups is 1. The standard InChI is InChI=1S/C14H20N2O3/c1-9-7-16(8-10(2)19-9)13-5-4-11(15)6-12(13)14(17)18-3/h4-6,9-10H,7-8,15H2,1-3H3/t9-,10-/m0/s1. The molecule has 19 heavy (non-hydrogen) atoms. The topological polar surface area (TPSA) is 64.8 Å². The van der Waals surface area contributed by atoms with Crippen molar-refractivity contribution in [1.82, 2.24) is 0 Å². The van der Waals surface area contributed by atoms with Crippen LogP contribution in [0.1, 0.15) is 24.2 Å². The van der Waals surface area contributed by atoms with E-state index in [1.54, 1.807) is 12.1 Å². The third-order valence-electron chi connectivity index (χ3n) is 3.19. The molecule has 2 atom stereocenters. The Kier molecular flexibility index (Phi) is 3.95. The summed E-state index contributed by atoms with van der Waals surface area (Å²) in [6.45, 7) is 5.55. The van der Waals surface area contributed by atoms with Crippen LogP contribution in [0.4, 0.5) is 11.4 Å². The largest absolute Gasteiger partial charge is 0.465 e. The summed E-state index contributed by atoms with van der Waals surface area (Å²) in [6, 6.07) is 5.32. The molecule has 104 valence electrons. The van der Waals surface area contributed by atoms with Crippen LogP contribution in [0.15, 0.2) is 18.2 Å². The van der Waals surface area contributed by atoms with E-state index in [-0.39, 0.29) is 18.2 Å². The van der Waals surface area contributed by atoms with Gasteiger partial charge < -0.3 is 20.1 Å². The van der Waals surface area contributed by atoms with Gasteiger partial charge in [0.2, 0.25) is 0 Å². The lowest BCUT2D eigenvalue weighted by Gasteiger charge is -2.37. The van der Waals surface area contributed by atoms with Crippen molar-refractivity contribution in [3.05, 3.63) is 23.8 Å². The first kappa shape index (κ1) is 13.7. The summed E-state index contributed by atoms with van der Waals surface area (Å²) < 4.78 is 10.5. The first-order valence-corrected chi connectivity index (χ1v) is 6.39. The van der Waals surface area contributed by atoms with Crippen LogP contribution in [0, 0.1) is 0 Å². The van der Waals surface area contributed by atoms with Crippen molar-refractivity contribution in [2.24, 2.45) is 0 Å². The van der Waals surface area contributed by atoms with Gasteiger partial charge >= 0.3 is 5.97 Å². The lowest BCUT2D eigenvalue weighted by atomic mass is 10.1. The lowest BCUT2D eigenvalue weighted by molar-refractivity contribution is -0.00533. The number of anilines is 2. The quantitative estimate of drug-likeness (QED) is 0.650. The molecule has 5 nitrogen and oxygen atoms in total. The molecular formula is C14H20N2O3. The summed E-state index contributed by atoms with van der Waals surface area (Å²) in [5.41, 5.74) is 7.66. The summed E-state index contributed by atoms with van der Waals surface area (Å²) >= 11 is 0. The monoisotopic (exact) mass is 264 g/mol. The van der Waals surface area contributed by atoms with Crippen molar-refractivity contribution in [2.45, 2.75) is 26.1 Å². The van der Waals surface area contributed by atoms with Crippen LogP contribution in [-0.4, -0.2) is 38.4 Å². The molecule has 0 saturated carbocycles. The molecule has 1 fully saturated rings. The second kappa shape index (κ2) is 5.48. The van der Waals surface area contributed by atoms with Crippen LogP contribution in [0.5, 0.6) is 0 Å². The van der Waals surface area contributed by atoms with Gasteiger partial charge in [0.05, 0.1) is 30.6 Å². The average Bonchev–Trinajstić information content (AvgIpc) is 2.36. The highest BCUT2D eigenvalue weighted by Crippen LogP contribution is 2.27. The number of carbonyl (C=O) groups excluding carboxylic acids is 1. The van der Waals surface area contributed by atoms with Crippen molar-refractivity contribution in [3.8, 4) is 0 Å². The van der Waals surface area contributed by atoms with Gasteiger partial charge in [0, 0.05) is 18.8 Å². The Labute approximate surface area is 113 Å². The van der Waals surface area contributed by atoms with Crippen molar-refractivity contribution in [1.29, 1.82) is 0 Å². The molecule has 0 amide bonds. The number of nitrogens with zero attached hydrogens (tertiary/aromatic N) is 1. The maximum absolute atomic E-state index is 11.9. The summed E-state index contributed by atoms with van der Waals surface area (Å²) in [4.78, 5) is 14.0. The number of esters is 1. The zero-order valence-corrected chi connectivity index (χ0v) is 11.6. The maximum atomic E-state index is 11.9. The number of hydrogen-bond acceptors (Lipinski definition) is 5. The van der Waals surface area contributed by atoms with E-state index in [1.807, 2.05) is 19.9 Å². The molecule has 0 aromatic heterocycles. The van der Waals surface area contributed by atoms with Gasteiger partial charge in [-0.05, 0) is 32.0 Å². The third kappa shape index (κ3) is 2.98. The molecule has 1 saturated heterocycles. The highest BCUT2D eigenvalue weighted by Gasteiger charge is 2.25. The highest BCUT2D eigenvalue weighted by atomic mass is 16.5. The summed E-state index contributed by atoms with van der Waals surface area (Å²) in [5.74, 6) is -0.367. The number of nitrogen functional groups attached to an aromatic ring is 1. The molecule has 0 spiro atoms. The number of methoxy groups -OCH3 is 1. The molecule has 2 N–H and O–H groups in total. The minimum atomic E-state index is -0.367. The Morgan fingerprint density at radius 3 is 2.58 bits per heavy atom. The molecular weight excluding hydrogens is 244 g/mol. The fourth-order valence-corrected chi connectivity index (χ4v) is 2.48.